The summed E-state index contributed by atoms with van der Waals surface area (Å²) in [5, 5.41) is 1.33. The minimum atomic E-state index is -0.338. The lowest BCUT2D eigenvalue weighted by Gasteiger charge is -2.43. The molecule has 10 aromatic carbocycles. The van der Waals surface area contributed by atoms with Gasteiger partial charge in [-0.2, -0.15) is 0 Å². The molecule has 0 saturated heterocycles. The van der Waals surface area contributed by atoms with Crippen LogP contribution in [0, 0.1) is 0 Å². The monoisotopic (exact) mass is 1230 g/mol. The second-order valence-electron chi connectivity index (χ2n) is 34.1. The summed E-state index contributed by atoms with van der Waals surface area (Å²) in [7, 11) is 0. The highest BCUT2D eigenvalue weighted by Gasteiger charge is 2.49. The Morgan fingerprint density at radius 3 is 1.24 bits per heavy atom. The van der Waals surface area contributed by atoms with Crippen LogP contribution in [0.1, 0.15) is 183 Å². The summed E-state index contributed by atoms with van der Waals surface area (Å²) in [6, 6.07) is 83.0. The van der Waals surface area contributed by atoms with Crippen molar-refractivity contribution in [3.05, 3.63) is 257 Å². The molecule has 1 aliphatic carbocycles. The molecule has 0 spiro atoms. The van der Waals surface area contributed by atoms with Crippen molar-refractivity contribution in [1.82, 2.24) is 4.57 Å². The first-order valence-electron chi connectivity index (χ1n) is 34.4. The first kappa shape index (κ1) is 62.6. The summed E-state index contributed by atoms with van der Waals surface area (Å²) in [6.07, 6.45) is 0. The Balaban J connectivity index is 1.16. The van der Waals surface area contributed by atoms with Crippen LogP contribution in [-0.4, -0.2) is 11.3 Å². The lowest BCUT2D eigenvalue weighted by Crippen LogP contribution is -2.61. The van der Waals surface area contributed by atoms with E-state index in [1.807, 2.05) is 0 Å². The van der Waals surface area contributed by atoms with Gasteiger partial charge in [-0.05, 0) is 190 Å². The fourth-order valence-electron chi connectivity index (χ4n) is 15.3. The van der Waals surface area contributed by atoms with Crippen molar-refractivity contribution in [2.24, 2.45) is 0 Å². The van der Waals surface area contributed by atoms with E-state index >= 15 is 0 Å². The lowest BCUT2D eigenvalue weighted by atomic mass is 9.33. The number of fused-ring (bicyclic) bond motifs is 9. The number of rotatable bonds is 8. The van der Waals surface area contributed by atoms with E-state index in [9.17, 15) is 0 Å². The molecule has 11 aromatic rings. The third kappa shape index (κ3) is 10.4. The van der Waals surface area contributed by atoms with E-state index in [0.717, 1.165) is 51.2 Å². The summed E-state index contributed by atoms with van der Waals surface area (Å²) in [4.78, 5) is 7.73. The van der Waals surface area contributed by atoms with E-state index in [4.69, 9.17) is 0 Å². The zero-order valence-corrected chi connectivity index (χ0v) is 59.6. The van der Waals surface area contributed by atoms with E-state index in [-0.39, 0.29) is 44.6 Å². The van der Waals surface area contributed by atoms with Crippen LogP contribution in [0.5, 0.6) is 0 Å². The topological polar surface area (TPSA) is 14.7 Å². The van der Waals surface area contributed by atoms with Crippen LogP contribution in [0.2, 0.25) is 0 Å². The second-order valence-corrected chi connectivity index (χ2v) is 34.1. The van der Waals surface area contributed by atoms with Gasteiger partial charge in [-0.3, -0.25) is 0 Å². The number of hydrogen-bond acceptors (Lipinski definition) is 3. The molecule has 474 valence electrons. The molecule has 4 nitrogen and oxygen atoms in total. The highest BCUT2D eigenvalue weighted by atomic mass is 15.2. The van der Waals surface area contributed by atoms with Crippen LogP contribution < -0.4 is 31.1 Å². The Kier molecular flexibility index (Phi) is 14.4. The molecule has 3 heterocycles. The lowest BCUT2D eigenvalue weighted by molar-refractivity contribution is 0.590. The van der Waals surface area contributed by atoms with Gasteiger partial charge in [0.1, 0.15) is 0 Å². The van der Waals surface area contributed by atoms with Gasteiger partial charge in [-0.15, -0.1) is 0 Å². The normalized spacial score (nSPS) is 14.2. The van der Waals surface area contributed by atoms with Gasteiger partial charge in [0.05, 0.1) is 11.4 Å². The van der Waals surface area contributed by atoms with Crippen molar-refractivity contribution in [2.75, 3.05) is 14.7 Å². The largest absolute Gasteiger partial charge is 0.313 e. The first-order valence-corrected chi connectivity index (χ1v) is 34.4. The molecule has 5 heteroatoms. The fourth-order valence-corrected chi connectivity index (χ4v) is 15.3. The maximum absolute atomic E-state index is 2.76. The quantitative estimate of drug-likeness (QED) is 0.141. The predicted octanol–water partition coefficient (Wildman–Crippen LogP) is 22.9. The van der Waals surface area contributed by atoms with E-state index in [1.54, 1.807) is 0 Å². The van der Waals surface area contributed by atoms with Crippen molar-refractivity contribution < 1.29 is 0 Å². The third-order valence-corrected chi connectivity index (χ3v) is 20.9. The van der Waals surface area contributed by atoms with Gasteiger partial charge < -0.3 is 19.3 Å². The Labute approximate surface area is 562 Å². The smallest absolute Gasteiger partial charge is 0.252 e. The molecule has 94 heavy (non-hydrogen) atoms. The van der Waals surface area contributed by atoms with Gasteiger partial charge in [0.2, 0.25) is 0 Å². The SMILES string of the molecule is CC(C)(C)c1ccc(N(c2ccc(C(C)(C)C)cc2)c2ccc3c(c2)N(c2ccc(C(C)(C)C)cc2-c2ccccc2)c2cc(N(c4ccc(C(C)(C)C)cc4)c4ccc(C(C)(C)C)cc4)cc4c2B3c2cc(C(C)(C)C)cc3c5c(n-4c23)C(C)(C)c2ccccc2-5)cc1. The van der Waals surface area contributed by atoms with Crippen LogP contribution >= 0.6 is 0 Å². The second kappa shape index (κ2) is 21.6. The predicted molar refractivity (Wildman–Crippen MR) is 407 cm³/mol. The minimum absolute atomic E-state index is 0.00960. The van der Waals surface area contributed by atoms with Crippen molar-refractivity contribution in [2.45, 2.75) is 176 Å². The van der Waals surface area contributed by atoms with E-state index in [0.29, 0.717) is 0 Å². The number of aromatic nitrogens is 1. The standard InChI is InChI=1S/C89H95BN4/c1-83(2,3)57-30-39-63(40-31-57)91(64-41-32-58(33-42-64)84(4,5)6)67-47-48-73-76(53-67)93(75-49-38-61(87(13,14)15)50-70(75)56-26-22-21-23-27-56)77-54-68(92(65-43-34-59(35-44-65)85(7,8)9)66-45-36-60(37-46-66)86(10,11)12)55-78-80(77)90(73)74-52-62(88(16,17)18)51-71-79-69-28-24-25-29-72(69)89(19,20)82(79)94(78)81(71)74/h21-55H,1-20H3. The van der Waals surface area contributed by atoms with Crippen LogP contribution in [0.3, 0.4) is 0 Å². The van der Waals surface area contributed by atoms with Crippen LogP contribution in [0.25, 0.3) is 38.8 Å². The molecule has 0 saturated carbocycles. The number of benzene rings is 10. The highest BCUT2D eigenvalue weighted by molar-refractivity contribution is 7.00. The van der Waals surface area contributed by atoms with Gasteiger partial charge in [0.25, 0.3) is 6.71 Å². The van der Waals surface area contributed by atoms with Crippen molar-refractivity contribution in [1.29, 1.82) is 0 Å². The zero-order chi connectivity index (χ0) is 66.7. The molecule has 2 aliphatic heterocycles. The number of nitrogens with zero attached hydrogens (tertiary/aromatic N) is 4. The summed E-state index contributed by atoms with van der Waals surface area (Å²) in [6.45, 7) is 46.7. The van der Waals surface area contributed by atoms with E-state index in [2.05, 4.69) is 370 Å². The van der Waals surface area contributed by atoms with Gasteiger partial charge in [-0.1, -0.05) is 260 Å². The van der Waals surface area contributed by atoms with Gasteiger partial charge in [0, 0.05) is 78.6 Å². The van der Waals surface area contributed by atoms with Crippen molar-refractivity contribution in [3.63, 3.8) is 0 Å². The summed E-state index contributed by atoms with van der Waals surface area (Å²) < 4.78 is 2.76. The average molecular weight is 1230 g/mol. The molecular weight excluding hydrogens is 1140 g/mol. The van der Waals surface area contributed by atoms with Gasteiger partial charge in [-0.25, -0.2) is 0 Å². The highest BCUT2D eigenvalue weighted by Crippen LogP contribution is 2.57. The summed E-state index contributed by atoms with van der Waals surface area (Å²) in [5.41, 5.74) is 31.5. The maximum atomic E-state index is 2.76. The Morgan fingerprint density at radius 2 is 0.755 bits per heavy atom. The minimum Gasteiger partial charge on any atom is -0.313 e. The van der Waals surface area contributed by atoms with Crippen LogP contribution in [0.4, 0.5) is 51.2 Å². The molecule has 0 N–H and O–H groups in total. The molecule has 0 radical (unpaired) electrons. The van der Waals surface area contributed by atoms with Gasteiger partial charge >= 0.3 is 0 Å². The molecule has 0 fully saturated rings. The molecule has 1 aromatic heterocycles. The third-order valence-electron chi connectivity index (χ3n) is 20.9. The molecular formula is C89H95BN4. The van der Waals surface area contributed by atoms with Crippen LogP contribution in [-0.2, 0) is 37.9 Å². The van der Waals surface area contributed by atoms with Crippen molar-refractivity contribution >= 4 is 85.2 Å². The Bertz CT molecular complexity index is 4650. The first-order chi connectivity index (χ1) is 44.2. The molecule has 0 unspecified atom stereocenters. The Morgan fingerprint density at radius 1 is 0.330 bits per heavy atom. The zero-order valence-electron chi connectivity index (χ0n) is 59.6. The maximum Gasteiger partial charge on any atom is 0.252 e. The molecule has 14 rings (SSSR count). The molecule has 0 atom stereocenters. The van der Waals surface area contributed by atoms with Gasteiger partial charge in [0.15, 0.2) is 0 Å². The fraction of sp³-hybridized carbons (Fsp3) is 0.303. The molecule has 0 amide bonds. The number of hydrogen-bond donors (Lipinski definition) is 0. The van der Waals surface area contributed by atoms with E-state index in [1.165, 1.54) is 99.9 Å². The summed E-state index contributed by atoms with van der Waals surface area (Å²) in [5.74, 6) is 0. The molecule has 3 aliphatic rings. The summed E-state index contributed by atoms with van der Waals surface area (Å²) >= 11 is 0. The molecule has 0 bridgehead atoms. The number of anilines is 9. The van der Waals surface area contributed by atoms with Crippen molar-refractivity contribution in [3.8, 4) is 27.9 Å². The Hall–Kier alpha value is -8.80. The van der Waals surface area contributed by atoms with E-state index < -0.39 is 0 Å². The average Bonchev–Trinajstić information content (AvgIpc) is 1.43. The van der Waals surface area contributed by atoms with Crippen LogP contribution in [0.15, 0.2) is 212 Å².